The van der Waals surface area contributed by atoms with E-state index >= 15 is 0 Å². The minimum Gasteiger partial charge on any atom is -0.456 e. The number of nitrogens with zero attached hydrogens (tertiary/aromatic N) is 3. The van der Waals surface area contributed by atoms with Gasteiger partial charge in [-0.1, -0.05) is 109 Å². The highest BCUT2D eigenvalue weighted by molar-refractivity contribution is 7.25. The van der Waals surface area contributed by atoms with Gasteiger partial charge in [-0.3, -0.25) is 0 Å². The van der Waals surface area contributed by atoms with Crippen LogP contribution in [0.15, 0.2) is 133 Å². The Hall–Kier alpha value is -5.65. The van der Waals surface area contributed by atoms with Gasteiger partial charge in [0.25, 0.3) is 0 Å². The molecule has 5 heteroatoms. The Balaban J connectivity index is 1.02. The van der Waals surface area contributed by atoms with Crippen LogP contribution in [0.25, 0.3) is 54.1 Å². The molecule has 2 aromatic heterocycles. The van der Waals surface area contributed by atoms with Gasteiger partial charge in [0.15, 0.2) is 11.6 Å². The Bertz CT molecular complexity index is 2950. The van der Waals surface area contributed by atoms with Crippen molar-refractivity contribution in [2.45, 2.75) is 42.9 Å². The summed E-state index contributed by atoms with van der Waals surface area (Å²) in [5.74, 6) is 6.77. The van der Waals surface area contributed by atoms with E-state index in [0.29, 0.717) is 11.2 Å². The van der Waals surface area contributed by atoms with E-state index in [2.05, 4.69) is 133 Å². The topological polar surface area (TPSA) is 47.9 Å². The molecule has 0 N–H and O–H groups in total. The Kier molecular flexibility index (Phi) is 5.37. The second-order valence-corrected chi connectivity index (χ2v) is 18.4. The molecule has 0 amide bonds. The van der Waals surface area contributed by atoms with Crippen molar-refractivity contribution in [1.29, 1.82) is 0 Å². The fraction of sp³-hybridized carbons (Fsp3) is 0.220. The van der Waals surface area contributed by atoms with Crippen LogP contribution in [0.3, 0.4) is 0 Å². The molecule has 2 spiro atoms. The summed E-state index contributed by atoms with van der Waals surface area (Å²) >= 11 is 1.85. The first kappa shape index (κ1) is 29.7. The molecule has 8 aromatic rings. The van der Waals surface area contributed by atoms with Crippen LogP contribution in [0.4, 0.5) is 0 Å². The first-order chi connectivity index (χ1) is 27.1. The highest BCUT2D eigenvalue weighted by Gasteiger charge is 2.78. The van der Waals surface area contributed by atoms with E-state index < -0.39 is 5.41 Å². The average molecular weight is 726 g/mol. The van der Waals surface area contributed by atoms with Gasteiger partial charge in [0.1, 0.15) is 17.3 Å². The summed E-state index contributed by atoms with van der Waals surface area (Å²) in [5, 5.41) is 2.59. The van der Waals surface area contributed by atoms with Crippen LogP contribution in [0.2, 0.25) is 0 Å². The second-order valence-electron chi connectivity index (χ2n) is 17.3. The molecule has 5 atom stereocenters. The summed E-state index contributed by atoms with van der Waals surface area (Å²) in [6.45, 7) is 0. The van der Waals surface area contributed by atoms with Crippen LogP contribution in [-0.4, -0.2) is 15.0 Å². The van der Waals surface area contributed by atoms with E-state index in [1.165, 1.54) is 80.1 Å². The van der Waals surface area contributed by atoms with Crippen molar-refractivity contribution in [3.63, 3.8) is 0 Å². The van der Waals surface area contributed by atoms with Crippen molar-refractivity contribution in [2.75, 3.05) is 0 Å². The van der Waals surface area contributed by atoms with Crippen LogP contribution >= 0.6 is 11.3 Å². The third-order valence-corrected chi connectivity index (χ3v) is 16.3. The van der Waals surface area contributed by atoms with Crippen LogP contribution < -0.4 is 4.74 Å². The van der Waals surface area contributed by atoms with Crippen molar-refractivity contribution >= 4 is 31.5 Å². The molecule has 0 saturated heterocycles. The zero-order valence-electron chi connectivity index (χ0n) is 30.1. The van der Waals surface area contributed by atoms with E-state index in [9.17, 15) is 0 Å². The number of rotatable bonds is 3. The molecule has 4 fully saturated rings. The number of fused-ring (bicyclic) bond motifs is 13. The quantitative estimate of drug-likeness (QED) is 0.182. The number of hydrogen-bond acceptors (Lipinski definition) is 5. The number of aromatic nitrogens is 3. The zero-order valence-corrected chi connectivity index (χ0v) is 30.9. The standard InChI is InChI=1S/C50H35N3OS/c1-4-14-37-32(10-1)33-11-2-5-15-38(33)50(37)39-16-6-7-18-41(39)54-44-36(13-9-17-40(44)50)46-51-45(28-20-21-35-34-12-3-8-19-42(34)55-43(35)22-28)52-47(53-46)48-25-30-23-29-24-31(26-48)49(29,30)27-48/h1-22,29-31H,23-27H2/t29?,30-,31?,48?,49?/m0/s1. The van der Waals surface area contributed by atoms with Crippen molar-refractivity contribution < 1.29 is 4.74 Å². The highest BCUT2D eigenvalue weighted by Crippen LogP contribution is 2.84. The molecular formula is C50H35N3OS. The molecule has 4 saturated carbocycles. The normalized spacial score (nSPS) is 26.4. The minimum absolute atomic E-state index is 0.0155. The van der Waals surface area contributed by atoms with Gasteiger partial charge in [-0.15, -0.1) is 11.3 Å². The van der Waals surface area contributed by atoms with Crippen LogP contribution in [-0.2, 0) is 10.8 Å². The second kappa shape index (κ2) is 9.96. The van der Waals surface area contributed by atoms with E-state index in [-0.39, 0.29) is 5.41 Å². The maximum Gasteiger partial charge on any atom is 0.167 e. The summed E-state index contributed by atoms with van der Waals surface area (Å²) in [4.78, 5) is 16.5. The molecule has 5 aliphatic carbocycles. The number of thiophene rings is 1. The van der Waals surface area contributed by atoms with Crippen LogP contribution in [0.5, 0.6) is 11.5 Å². The predicted molar refractivity (Wildman–Crippen MR) is 219 cm³/mol. The Morgan fingerprint density at radius 2 is 1.20 bits per heavy atom. The van der Waals surface area contributed by atoms with E-state index in [0.717, 1.165) is 57.6 Å². The summed E-state index contributed by atoms with van der Waals surface area (Å²) in [6.07, 6.45) is 6.47. The maximum absolute atomic E-state index is 7.11. The summed E-state index contributed by atoms with van der Waals surface area (Å²) < 4.78 is 9.68. The lowest BCUT2D eigenvalue weighted by Crippen LogP contribution is -2.59. The number of para-hydroxylation sites is 2. The molecular weight excluding hydrogens is 691 g/mol. The van der Waals surface area contributed by atoms with Gasteiger partial charge in [0, 0.05) is 42.3 Å². The van der Waals surface area contributed by atoms with Crippen molar-refractivity contribution in [3.05, 3.63) is 162 Å². The number of benzene rings is 6. The Morgan fingerprint density at radius 3 is 1.98 bits per heavy atom. The van der Waals surface area contributed by atoms with E-state index in [4.69, 9.17) is 19.7 Å². The molecule has 3 heterocycles. The first-order valence-electron chi connectivity index (χ1n) is 19.9. The van der Waals surface area contributed by atoms with Crippen molar-refractivity contribution in [3.8, 4) is 45.4 Å². The predicted octanol–water partition coefficient (Wildman–Crippen LogP) is 12.1. The van der Waals surface area contributed by atoms with Gasteiger partial charge in [0.2, 0.25) is 0 Å². The lowest BCUT2D eigenvalue weighted by atomic mass is 9.38. The molecule has 4 nitrogen and oxygen atoms in total. The molecule has 6 aliphatic rings. The monoisotopic (exact) mass is 725 g/mol. The third-order valence-electron chi connectivity index (χ3n) is 15.2. The van der Waals surface area contributed by atoms with Gasteiger partial charge < -0.3 is 4.74 Å². The van der Waals surface area contributed by atoms with E-state index in [1.54, 1.807) is 0 Å². The fourth-order valence-corrected chi connectivity index (χ4v) is 14.3. The number of ether oxygens (including phenoxy) is 1. The largest absolute Gasteiger partial charge is 0.456 e. The first-order valence-corrected chi connectivity index (χ1v) is 20.7. The zero-order chi connectivity index (χ0) is 35.7. The molecule has 55 heavy (non-hydrogen) atoms. The van der Waals surface area contributed by atoms with Crippen molar-refractivity contribution in [1.82, 2.24) is 15.0 Å². The SMILES string of the molecule is c1ccc2c(c1)Oc1c(-c3nc(-c4ccc5c(c4)sc4ccccc45)nc(C45CC6CC7C[C@@H](C4)C76C5)n3)cccc1C21c2ccccc2-c2ccccc21. The Morgan fingerprint density at radius 1 is 0.545 bits per heavy atom. The van der Waals surface area contributed by atoms with Gasteiger partial charge in [-0.05, 0) is 102 Å². The molecule has 262 valence electrons. The van der Waals surface area contributed by atoms with Crippen LogP contribution in [0, 0.1) is 23.2 Å². The van der Waals surface area contributed by atoms with Gasteiger partial charge in [-0.2, -0.15) is 0 Å². The lowest BCUT2D eigenvalue weighted by Gasteiger charge is -2.66. The Labute approximate surface area is 322 Å². The summed E-state index contributed by atoms with van der Waals surface area (Å²) in [6, 6.07) is 48.6. The molecule has 0 radical (unpaired) electrons. The minimum atomic E-state index is -0.541. The summed E-state index contributed by atoms with van der Waals surface area (Å²) in [7, 11) is 0. The number of hydrogen-bond donors (Lipinski definition) is 0. The smallest absolute Gasteiger partial charge is 0.167 e. The maximum atomic E-state index is 7.11. The van der Waals surface area contributed by atoms with Crippen molar-refractivity contribution in [2.24, 2.45) is 23.2 Å². The summed E-state index contributed by atoms with van der Waals surface area (Å²) in [5.41, 5.74) is 9.42. The van der Waals surface area contributed by atoms with Gasteiger partial charge in [-0.25, -0.2) is 15.0 Å². The molecule has 4 unspecified atom stereocenters. The highest BCUT2D eigenvalue weighted by atomic mass is 32.1. The van der Waals surface area contributed by atoms with E-state index in [1.807, 2.05) is 11.3 Å². The molecule has 6 aromatic carbocycles. The average Bonchev–Trinajstić information content (AvgIpc) is 3.94. The van der Waals surface area contributed by atoms with Gasteiger partial charge in [0.05, 0.1) is 11.0 Å². The fourth-order valence-electron chi connectivity index (χ4n) is 13.1. The molecule has 2 bridgehead atoms. The third kappa shape index (κ3) is 3.46. The molecule has 1 aliphatic heterocycles. The lowest BCUT2D eigenvalue weighted by molar-refractivity contribution is -0.175. The molecule has 14 rings (SSSR count). The van der Waals surface area contributed by atoms with Gasteiger partial charge >= 0.3 is 0 Å². The van der Waals surface area contributed by atoms with Crippen LogP contribution in [0.1, 0.15) is 60.2 Å².